The Hall–Kier alpha value is -1.19. The number of hydrogen-bond donors (Lipinski definition) is 0. The van der Waals surface area contributed by atoms with E-state index in [1.807, 2.05) is 0 Å². The highest BCUT2D eigenvalue weighted by Gasteiger charge is 2.02. The first-order valence-corrected chi connectivity index (χ1v) is 4.67. The van der Waals surface area contributed by atoms with Crippen molar-refractivity contribution in [3.63, 3.8) is 0 Å². The van der Waals surface area contributed by atoms with Crippen molar-refractivity contribution in [2.45, 2.75) is 39.2 Å². The number of ketones is 1. The Kier molecular flexibility index (Phi) is 4.15. The summed E-state index contributed by atoms with van der Waals surface area (Å²) < 4.78 is 1.56. The van der Waals surface area contributed by atoms with Gasteiger partial charge >= 0.3 is 0 Å². The largest absolute Gasteiger partial charge is 0.298 e. The molecule has 13 heavy (non-hydrogen) atoms. The molecule has 0 unspecified atom stereocenters. The Bertz CT molecular complexity index is 243. The highest BCUT2D eigenvalue weighted by atomic mass is 16.1. The fourth-order valence-electron chi connectivity index (χ4n) is 1.15. The van der Waals surface area contributed by atoms with Crippen LogP contribution in [0.5, 0.6) is 0 Å². The third kappa shape index (κ3) is 3.83. The van der Waals surface area contributed by atoms with Gasteiger partial charge in [-0.25, -0.2) is 9.67 Å². The van der Waals surface area contributed by atoms with E-state index in [-0.39, 0.29) is 5.78 Å². The molecule has 0 spiro atoms. The minimum absolute atomic E-state index is 0.235. The Morgan fingerprint density at radius 3 is 2.92 bits per heavy atom. The quantitative estimate of drug-likeness (QED) is 0.624. The molecule has 0 amide bonds. The molecule has 0 bridgehead atoms. The average Bonchev–Trinajstić information content (AvgIpc) is 2.57. The minimum Gasteiger partial charge on any atom is -0.298 e. The van der Waals surface area contributed by atoms with Crippen molar-refractivity contribution >= 4 is 5.78 Å². The van der Waals surface area contributed by atoms with Gasteiger partial charge in [0.2, 0.25) is 0 Å². The van der Waals surface area contributed by atoms with E-state index in [0.29, 0.717) is 13.0 Å². The molecule has 0 aliphatic heterocycles. The van der Waals surface area contributed by atoms with Crippen LogP contribution in [0.4, 0.5) is 0 Å². The summed E-state index contributed by atoms with van der Waals surface area (Å²) in [5.74, 6) is 0.235. The second kappa shape index (κ2) is 5.45. The van der Waals surface area contributed by atoms with E-state index < -0.39 is 0 Å². The van der Waals surface area contributed by atoms with Crippen LogP contribution >= 0.6 is 0 Å². The van der Waals surface area contributed by atoms with E-state index in [1.165, 1.54) is 6.33 Å². The normalized spacial score (nSPS) is 10.2. The van der Waals surface area contributed by atoms with Crippen LogP contribution in [0.25, 0.3) is 0 Å². The summed E-state index contributed by atoms with van der Waals surface area (Å²) in [6.45, 7) is 2.49. The van der Waals surface area contributed by atoms with Gasteiger partial charge in [-0.1, -0.05) is 19.8 Å². The lowest BCUT2D eigenvalue weighted by atomic mass is 10.1. The smallest absolute Gasteiger partial charge is 0.154 e. The molecule has 0 aliphatic carbocycles. The maximum Gasteiger partial charge on any atom is 0.154 e. The van der Waals surface area contributed by atoms with Gasteiger partial charge in [-0.05, 0) is 6.42 Å². The Morgan fingerprint density at radius 1 is 1.46 bits per heavy atom. The van der Waals surface area contributed by atoms with Gasteiger partial charge in [0.15, 0.2) is 5.78 Å². The summed E-state index contributed by atoms with van der Waals surface area (Å²) in [7, 11) is 0. The van der Waals surface area contributed by atoms with Crippen LogP contribution in [0, 0.1) is 0 Å². The molecule has 0 aromatic carbocycles. The molecule has 0 fully saturated rings. The molecule has 4 nitrogen and oxygen atoms in total. The van der Waals surface area contributed by atoms with Gasteiger partial charge in [-0.2, -0.15) is 5.10 Å². The number of unbranched alkanes of at least 4 members (excludes halogenated alkanes) is 2. The predicted molar refractivity (Wildman–Crippen MR) is 49.2 cm³/mol. The van der Waals surface area contributed by atoms with Crippen LogP contribution in [0.2, 0.25) is 0 Å². The molecular formula is C9H15N3O. The van der Waals surface area contributed by atoms with Crippen LogP contribution in [0.1, 0.15) is 32.6 Å². The van der Waals surface area contributed by atoms with Gasteiger partial charge in [-0.15, -0.1) is 0 Å². The van der Waals surface area contributed by atoms with Crippen LogP contribution in [0.15, 0.2) is 12.7 Å². The topological polar surface area (TPSA) is 47.8 Å². The fourth-order valence-corrected chi connectivity index (χ4v) is 1.15. The highest BCUT2D eigenvalue weighted by Crippen LogP contribution is 2.00. The molecular weight excluding hydrogens is 166 g/mol. The first-order valence-electron chi connectivity index (χ1n) is 4.67. The van der Waals surface area contributed by atoms with Crippen molar-refractivity contribution in [3.8, 4) is 0 Å². The third-order valence-corrected chi connectivity index (χ3v) is 1.86. The second-order valence-electron chi connectivity index (χ2n) is 3.09. The van der Waals surface area contributed by atoms with Gasteiger partial charge < -0.3 is 0 Å². The lowest BCUT2D eigenvalue weighted by Gasteiger charge is -1.99. The fraction of sp³-hybridized carbons (Fsp3) is 0.667. The molecule has 4 heteroatoms. The van der Waals surface area contributed by atoms with Crippen molar-refractivity contribution < 1.29 is 4.79 Å². The lowest BCUT2D eigenvalue weighted by molar-refractivity contribution is -0.119. The highest BCUT2D eigenvalue weighted by molar-refractivity contribution is 5.77. The zero-order valence-electron chi connectivity index (χ0n) is 7.94. The number of carbonyl (C=O) groups is 1. The van der Waals surface area contributed by atoms with E-state index in [0.717, 1.165) is 19.3 Å². The van der Waals surface area contributed by atoms with Gasteiger partial charge in [0, 0.05) is 6.42 Å². The van der Waals surface area contributed by atoms with Crippen LogP contribution < -0.4 is 0 Å². The standard InChI is InChI=1S/C9H15N3O/c1-2-3-4-5-9(13)6-12-8-10-7-11-12/h7-8H,2-6H2,1H3. The van der Waals surface area contributed by atoms with Crippen molar-refractivity contribution in [1.82, 2.24) is 14.8 Å². The number of aromatic nitrogens is 3. The van der Waals surface area contributed by atoms with Crippen LogP contribution in [-0.4, -0.2) is 20.5 Å². The first-order chi connectivity index (χ1) is 6.33. The molecule has 0 N–H and O–H groups in total. The Labute approximate surface area is 78.0 Å². The number of hydrogen-bond acceptors (Lipinski definition) is 3. The molecule has 1 aromatic heterocycles. The number of rotatable bonds is 6. The molecule has 1 aromatic rings. The van der Waals surface area contributed by atoms with Crippen LogP contribution in [-0.2, 0) is 11.3 Å². The lowest BCUT2D eigenvalue weighted by Crippen LogP contribution is -2.10. The summed E-state index contributed by atoms with van der Waals surface area (Å²) in [4.78, 5) is 15.1. The zero-order chi connectivity index (χ0) is 9.52. The van der Waals surface area contributed by atoms with E-state index in [4.69, 9.17) is 0 Å². The zero-order valence-corrected chi connectivity index (χ0v) is 7.94. The predicted octanol–water partition coefficient (Wildman–Crippen LogP) is 1.43. The Morgan fingerprint density at radius 2 is 2.31 bits per heavy atom. The summed E-state index contributed by atoms with van der Waals surface area (Å²) in [6.07, 6.45) is 6.94. The van der Waals surface area contributed by atoms with Crippen molar-refractivity contribution in [2.24, 2.45) is 0 Å². The van der Waals surface area contributed by atoms with E-state index in [2.05, 4.69) is 17.0 Å². The van der Waals surface area contributed by atoms with Crippen molar-refractivity contribution in [1.29, 1.82) is 0 Å². The number of carbonyl (C=O) groups excluding carboxylic acids is 1. The van der Waals surface area contributed by atoms with Gasteiger partial charge in [0.05, 0.1) is 0 Å². The molecule has 1 heterocycles. The molecule has 1 rings (SSSR count). The summed E-state index contributed by atoms with van der Waals surface area (Å²) in [6, 6.07) is 0. The maximum atomic E-state index is 11.3. The van der Waals surface area contributed by atoms with Crippen molar-refractivity contribution in [2.75, 3.05) is 0 Å². The van der Waals surface area contributed by atoms with Crippen molar-refractivity contribution in [3.05, 3.63) is 12.7 Å². The summed E-state index contributed by atoms with van der Waals surface area (Å²) in [5, 5.41) is 3.87. The molecule has 0 aliphatic rings. The summed E-state index contributed by atoms with van der Waals surface area (Å²) >= 11 is 0. The minimum atomic E-state index is 0.235. The molecule has 0 saturated carbocycles. The SMILES string of the molecule is CCCCCC(=O)Cn1cncn1. The van der Waals surface area contributed by atoms with E-state index in [9.17, 15) is 4.79 Å². The molecule has 72 valence electrons. The molecule has 0 radical (unpaired) electrons. The van der Waals surface area contributed by atoms with E-state index in [1.54, 1.807) is 11.0 Å². The van der Waals surface area contributed by atoms with Gasteiger partial charge in [0.1, 0.15) is 19.2 Å². The number of Topliss-reactive ketones (excluding diaryl/α,β-unsaturated/α-hetero) is 1. The third-order valence-electron chi connectivity index (χ3n) is 1.86. The van der Waals surface area contributed by atoms with Crippen LogP contribution in [0.3, 0.4) is 0 Å². The van der Waals surface area contributed by atoms with Gasteiger partial charge in [-0.3, -0.25) is 4.79 Å². The Balaban J connectivity index is 2.18. The number of nitrogens with zero attached hydrogens (tertiary/aromatic N) is 3. The second-order valence-corrected chi connectivity index (χ2v) is 3.09. The molecule has 0 atom stereocenters. The monoisotopic (exact) mass is 181 g/mol. The maximum absolute atomic E-state index is 11.3. The summed E-state index contributed by atoms with van der Waals surface area (Å²) in [5.41, 5.74) is 0. The van der Waals surface area contributed by atoms with Gasteiger partial charge in [0.25, 0.3) is 0 Å². The van der Waals surface area contributed by atoms with E-state index >= 15 is 0 Å². The molecule has 0 saturated heterocycles. The average molecular weight is 181 g/mol. The first kappa shape index (κ1) is 9.89.